The van der Waals surface area contributed by atoms with Crippen molar-refractivity contribution in [3.63, 3.8) is 0 Å². The predicted octanol–water partition coefficient (Wildman–Crippen LogP) is 2.75. The molecule has 2 aromatic rings. The summed E-state index contributed by atoms with van der Waals surface area (Å²) in [5.41, 5.74) is 3.15. The number of nitrogens with one attached hydrogen (secondary N) is 2. The Morgan fingerprint density at radius 1 is 0.875 bits per heavy atom. The predicted molar refractivity (Wildman–Crippen MR) is 94.2 cm³/mol. The Kier molecular flexibility index (Phi) is 6.37. The molecule has 5 heteroatoms. The average Bonchev–Trinajstić information content (AvgIpc) is 2.54. The molecule has 0 aliphatic heterocycles. The number of hydrogen-bond donors (Lipinski definition) is 2. The van der Waals surface area contributed by atoms with E-state index in [0.29, 0.717) is 13.2 Å². The van der Waals surface area contributed by atoms with Crippen LogP contribution in [0.3, 0.4) is 0 Å². The smallest absolute Gasteiger partial charge is 0.221 e. The van der Waals surface area contributed by atoms with Crippen LogP contribution in [0.4, 0.5) is 5.69 Å². The lowest BCUT2D eigenvalue weighted by Crippen LogP contribution is -2.25. The third-order valence-electron chi connectivity index (χ3n) is 3.35. The highest BCUT2D eigenvalue weighted by molar-refractivity contribution is 5.88. The summed E-state index contributed by atoms with van der Waals surface area (Å²) >= 11 is 0. The molecule has 0 heterocycles. The second-order valence-electron chi connectivity index (χ2n) is 5.53. The molecule has 5 nitrogen and oxygen atoms in total. The van der Waals surface area contributed by atoms with E-state index in [0.717, 1.165) is 17.9 Å². The van der Waals surface area contributed by atoms with E-state index in [1.807, 2.05) is 48.5 Å². The minimum Gasteiger partial charge on any atom is -0.492 e. The molecule has 0 unspecified atom stereocenters. The van der Waals surface area contributed by atoms with Gasteiger partial charge in [-0.15, -0.1) is 0 Å². The van der Waals surface area contributed by atoms with E-state index >= 15 is 0 Å². The molecule has 2 rings (SSSR count). The number of carbonyl (C=O) groups is 2. The Hall–Kier alpha value is -2.82. The van der Waals surface area contributed by atoms with Gasteiger partial charge in [-0.05, 0) is 41.8 Å². The van der Waals surface area contributed by atoms with Crippen molar-refractivity contribution in [2.75, 3.05) is 18.5 Å². The Bertz CT molecular complexity index is 679. The van der Waals surface area contributed by atoms with Crippen molar-refractivity contribution in [2.45, 2.75) is 20.3 Å². The normalized spacial score (nSPS) is 10.1. The number of amides is 2. The second kappa shape index (κ2) is 8.72. The largest absolute Gasteiger partial charge is 0.492 e. The van der Waals surface area contributed by atoms with E-state index < -0.39 is 0 Å². The summed E-state index contributed by atoms with van der Waals surface area (Å²) in [6, 6.07) is 15.7. The number of benzene rings is 2. The van der Waals surface area contributed by atoms with E-state index in [2.05, 4.69) is 10.6 Å². The molecule has 24 heavy (non-hydrogen) atoms. The molecule has 2 N–H and O–H groups in total. The van der Waals surface area contributed by atoms with Gasteiger partial charge in [-0.3, -0.25) is 9.59 Å². The molecule has 0 saturated heterocycles. The highest BCUT2D eigenvalue weighted by atomic mass is 16.5. The molecule has 2 amide bonds. The molecule has 126 valence electrons. The van der Waals surface area contributed by atoms with Gasteiger partial charge >= 0.3 is 0 Å². The first-order chi connectivity index (χ1) is 11.5. The lowest BCUT2D eigenvalue weighted by molar-refractivity contribution is -0.119. The van der Waals surface area contributed by atoms with Crippen LogP contribution in [0.5, 0.6) is 5.75 Å². The Morgan fingerprint density at radius 3 is 2.00 bits per heavy atom. The molecule has 0 fully saturated rings. The lowest BCUT2D eigenvalue weighted by Gasteiger charge is -2.08. The average molecular weight is 326 g/mol. The Labute approximate surface area is 142 Å². The topological polar surface area (TPSA) is 67.4 Å². The highest BCUT2D eigenvalue weighted by Crippen LogP contribution is 2.17. The fourth-order valence-electron chi connectivity index (χ4n) is 2.24. The van der Waals surface area contributed by atoms with Crippen LogP contribution in [-0.2, 0) is 16.0 Å². The summed E-state index contributed by atoms with van der Waals surface area (Å²) in [4.78, 5) is 21.8. The summed E-state index contributed by atoms with van der Waals surface area (Å²) in [6.07, 6.45) is 0.812. The van der Waals surface area contributed by atoms with Gasteiger partial charge in [-0.1, -0.05) is 24.3 Å². The van der Waals surface area contributed by atoms with Crippen LogP contribution in [0.1, 0.15) is 25.0 Å². The van der Waals surface area contributed by atoms with Gasteiger partial charge in [0.2, 0.25) is 11.8 Å². The molecule has 0 radical (unpaired) electrons. The second-order valence-corrected chi connectivity index (χ2v) is 5.53. The van der Waals surface area contributed by atoms with Crippen molar-refractivity contribution < 1.29 is 14.3 Å². The SMILES string of the molecule is CC(=O)NCCOc1ccc(Cc2ccc(NC(C)=O)cc2)cc1. The first-order valence-corrected chi connectivity index (χ1v) is 7.85. The van der Waals surface area contributed by atoms with Gasteiger partial charge in [0, 0.05) is 19.5 Å². The molecular weight excluding hydrogens is 304 g/mol. The molecule has 0 bridgehead atoms. The number of ether oxygens (including phenoxy) is 1. The van der Waals surface area contributed by atoms with E-state index in [1.54, 1.807) is 0 Å². The van der Waals surface area contributed by atoms with E-state index in [1.165, 1.54) is 25.0 Å². The van der Waals surface area contributed by atoms with Gasteiger partial charge in [0.05, 0.1) is 6.54 Å². The molecule has 2 aromatic carbocycles. The quantitative estimate of drug-likeness (QED) is 0.769. The van der Waals surface area contributed by atoms with Crippen LogP contribution in [0.2, 0.25) is 0 Å². The maximum absolute atomic E-state index is 11.0. The molecule has 0 aliphatic rings. The monoisotopic (exact) mass is 326 g/mol. The van der Waals surface area contributed by atoms with Crippen LogP contribution < -0.4 is 15.4 Å². The Balaban J connectivity index is 1.84. The van der Waals surface area contributed by atoms with Gasteiger partial charge in [-0.2, -0.15) is 0 Å². The number of rotatable bonds is 7. The molecule has 0 atom stereocenters. The molecule has 0 saturated carbocycles. The summed E-state index contributed by atoms with van der Waals surface area (Å²) in [5.74, 6) is 0.653. The fourth-order valence-corrected chi connectivity index (χ4v) is 2.24. The van der Waals surface area contributed by atoms with Crippen molar-refractivity contribution in [1.29, 1.82) is 0 Å². The van der Waals surface area contributed by atoms with Gasteiger partial charge in [0.15, 0.2) is 0 Å². The van der Waals surface area contributed by atoms with E-state index in [9.17, 15) is 9.59 Å². The zero-order valence-electron chi connectivity index (χ0n) is 14.0. The minimum atomic E-state index is -0.0724. The molecule has 0 aliphatic carbocycles. The highest BCUT2D eigenvalue weighted by Gasteiger charge is 2.00. The maximum Gasteiger partial charge on any atom is 0.221 e. The summed E-state index contributed by atoms with van der Waals surface area (Å²) < 4.78 is 5.56. The van der Waals surface area contributed by atoms with Crippen LogP contribution >= 0.6 is 0 Å². The standard InChI is InChI=1S/C19H22N2O3/c1-14(22)20-11-12-24-19-9-5-17(6-10-19)13-16-3-7-18(8-4-16)21-15(2)23/h3-10H,11-13H2,1-2H3,(H,20,22)(H,21,23). The van der Waals surface area contributed by atoms with Crippen LogP contribution in [0, 0.1) is 0 Å². The zero-order chi connectivity index (χ0) is 17.4. The van der Waals surface area contributed by atoms with Crippen molar-refractivity contribution in [1.82, 2.24) is 5.32 Å². The lowest BCUT2D eigenvalue weighted by atomic mass is 10.0. The number of hydrogen-bond acceptors (Lipinski definition) is 3. The molecule has 0 aromatic heterocycles. The Morgan fingerprint density at radius 2 is 1.46 bits per heavy atom. The van der Waals surface area contributed by atoms with Gasteiger partial charge in [0.1, 0.15) is 12.4 Å². The first-order valence-electron chi connectivity index (χ1n) is 7.85. The van der Waals surface area contributed by atoms with E-state index in [4.69, 9.17) is 4.74 Å². The van der Waals surface area contributed by atoms with Crippen LogP contribution in [0.15, 0.2) is 48.5 Å². The van der Waals surface area contributed by atoms with Crippen LogP contribution in [0.25, 0.3) is 0 Å². The first kappa shape index (κ1) is 17.5. The maximum atomic E-state index is 11.0. The third kappa shape index (κ3) is 6.12. The van der Waals surface area contributed by atoms with Crippen molar-refractivity contribution in [3.8, 4) is 5.75 Å². The zero-order valence-corrected chi connectivity index (χ0v) is 14.0. The fraction of sp³-hybridized carbons (Fsp3) is 0.263. The minimum absolute atomic E-state index is 0.0570. The van der Waals surface area contributed by atoms with Gasteiger partial charge in [-0.25, -0.2) is 0 Å². The van der Waals surface area contributed by atoms with Crippen molar-refractivity contribution >= 4 is 17.5 Å². The number of anilines is 1. The molecular formula is C19H22N2O3. The van der Waals surface area contributed by atoms with Crippen LogP contribution in [-0.4, -0.2) is 25.0 Å². The molecule has 0 spiro atoms. The van der Waals surface area contributed by atoms with Gasteiger partial charge < -0.3 is 15.4 Å². The summed E-state index contributed by atoms with van der Waals surface area (Å²) in [6.45, 7) is 3.92. The third-order valence-corrected chi connectivity index (χ3v) is 3.35. The van der Waals surface area contributed by atoms with Gasteiger partial charge in [0.25, 0.3) is 0 Å². The summed E-state index contributed by atoms with van der Waals surface area (Å²) in [7, 11) is 0. The number of carbonyl (C=O) groups excluding carboxylic acids is 2. The van der Waals surface area contributed by atoms with Crippen molar-refractivity contribution in [2.24, 2.45) is 0 Å². The van der Waals surface area contributed by atoms with Crippen molar-refractivity contribution in [3.05, 3.63) is 59.7 Å². The summed E-state index contributed by atoms with van der Waals surface area (Å²) in [5, 5.41) is 5.44. The van der Waals surface area contributed by atoms with E-state index in [-0.39, 0.29) is 11.8 Å².